The maximum absolute atomic E-state index is 6.21. The SMILES string of the molecule is CC(Cc1nc2c(Br)cccn2c1N)c1ccccc1. The van der Waals surface area contributed by atoms with E-state index in [1.165, 1.54) is 5.56 Å². The van der Waals surface area contributed by atoms with Crippen LogP contribution in [0.5, 0.6) is 0 Å². The van der Waals surface area contributed by atoms with Crippen molar-refractivity contribution in [3.05, 3.63) is 64.4 Å². The first kappa shape index (κ1) is 13.2. The van der Waals surface area contributed by atoms with Gasteiger partial charge in [0.15, 0.2) is 5.65 Å². The van der Waals surface area contributed by atoms with E-state index in [2.05, 4.69) is 52.1 Å². The van der Waals surface area contributed by atoms with Crippen LogP contribution in [0.15, 0.2) is 53.1 Å². The second-order valence-corrected chi connectivity index (χ2v) is 5.86. The third-order valence-electron chi connectivity index (χ3n) is 3.58. The number of imidazole rings is 1. The number of hydrogen-bond donors (Lipinski definition) is 1. The topological polar surface area (TPSA) is 43.3 Å². The van der Waals surface area contributed by atoms with Gasteiger partial charge in [-0.2, -0.15) is 0 Å². The van der Waals surface area contributed by atoms with Gasteiger partial charge in [0.1, 0.15) is 5.82 Å². The molecule has 2 heterocycles. The van der Waals surface area contributed by atoms with Crippen LogP contribution in [-0.4, -0.2) is 9.38 Å². The highest BCUT2D eigenvalue weighted by molar-refractivity contribution is 9.10. The minimum absolute atomic E-state index is 0.391. The van der Waals surface area contributed by atoms with E-state index in [0.29, 0.717) is 5.92 Å². The minimum Gasteiger partial charge on any atom is -0.383 e. The molecule has 0 bridgehead atoms. The smallest absolute Gasteiger partial charge is 0.153 e. The molecule has 0 saturated heterocycles. The van der Waals surface area contributed by atoms with Crippen molar-refractivity contribution in [2.75, 3.05) is 5.73 Å². The van der Waals surface area contributed by atoms with Gasteiger partial charge in [0, 0.05) is 12.6 Å². The van der Waals surface area contributed by atoms with Gasteiger partial charge in [-0.15, -0.1) is 0 Å². The van der Waals surface area contributed by atoms with Crippen LogP contribution in [0.1, 0.15) is 24.1 Å². The number of anilines is 1. The summed E-state index contributed by atoms with van der Waals surface area (Å²) in [4.78, 5) is 4.67. The number of nitrogens with zero attached hydrogens (tertiary/aromatic N) is 2. The number of hydrogen-bond acceptors (Lipinski definition) is 2. The van der Waals surface area contributed by atoms with Gasteiger partial charge in [0.25, 0.3) is 0 Å². The lowest BCUT2D eigenvalue weighted by molar-refractivity contribution is 0.747. The molecule has 3 nitrogen and oxygen atoms in total. The molecule has 3 rings (SSSR count). The molecule has 2 aromatic heterocycles. The van der Waals surface area contributed by atoms with Gasteiger partial charge in [-0.3, -0.25) is 4.40 Å². The van der Waals surface area contributed by atoms with Gasteiger partial charge in [-0.1, -0.05) is 37.3 Å². The lowest BCUT2D eigenvalue weighted by atomic mass is 9.96. The van der Waals surface area contributed by atoms with E-state index in [1.54, 1.807) is 0 Å². The van der Waals surface area contributed by atoms with Gasteiger partial charge >= 0.3 is 0 Å². The molecule has 4 heteroatoms. The molecule has 0 amide bonds. The largest absolute Gasteiger partial charge is 0.383 e. The average Bonchev–Trinajstić information content (AvgIpc) is 2.79. The lowest BCUT2D eigenvalue weighted by Gasteiger charge is -2.10. The van der Waals surface area contributed by atoms with Crippen molar-refractivity contribution in [3.8, 4) is 0 Å². The fraction of sp³-hybridized carbons (Fsp3) is 0.188. The van der Waals surface area contributed by atoms with Crippen molar-refractivity contribution < 1.29 is 0 Å². The molecule has 0 aliphatic rings. The Morgan fingerprint density at radius 3 is 2.65 bits per heavy atom. The molecule has 0 aliphatic heterocycles. The van der Waals surface area contributed by atoms with Crippen LogP contribution in [-0.2, 0) is 6.42 Å². The molecule has 1 unspecified atom stereocenters. The number of rotatable bonds is 3. The zero-order chi connectivity index (χ0) is 14.1. The Balaban J connectivity index is 1.95. The van der Waals surface area contributed by atoms with Gasteiger partial charge in [-0.25, -0.2) is 4.98 Å². The lowest BCUT2D eigenvalue weighted by Crippen LogP contribution is -2.02. The predicted octanol–water partition coefficient (Wildman–Crippen LogP) is 4.03. The maximum atomic E-state index is 6.21. The summed E-state index contributed by atoms with van der Waals surface area (Å²) in [7, 11) is 0. The number of fused-ring (bicyclic) bond motifs is 1. The van der Waals surface area contributed by atoms with Crippen LogP contribution in [0.2, 0.25) is 0 Å². The number of benzene rings is 1. The van der Waals surface area contributed by atoms with Crippen LogP contribution in [0, 0.1) is 0 Å². The molecule has 2 N–H and O–H groups in total. The Morgan fingerprint density at radius 2 is 1.95 bits per heavy atom. The van der Waals surface area contributed by atoms with Crippen molar-refractivity contribution in [2.24, 2.45) is 0 Å². The fourth-order valence-corrected chi connectivity index (χ4v) is 2.87. The van der Waals surface area contributed by atoms with E-state index in [9.17, 15) is 0 Å². The van der Waals surface area contributed by atoms with Crippen LogP contribution >= 0.6 is 15.9 Å². The quantitative estimate of drug-likeness (QED) is 0.788. The highest BCUT2D eigenvalue weighted by Crippen LogP contribution is 2.26. The zero-order valence-electron chi connectivity index (χ0n) is 11.3. The van der Waals surface area contributed by atoms with Crippen molar-refractivity contribution in [3.63, 3.8) is 0 Å². The molecule has 0 spiro atoms. The summed E-state index contributed by atoms with van der Waals surface area (Å²) in [6.45, 7) is 2.20. The van der Waals surface area contributed by atoms with Crippen molar-refractivity contribution >= 4 is 27.4 Å². The third-order valence-corrected chi connectivity index (χ3v) is 4.20. The van der Waals surface area contributed by atoms with Crippen LogP contribution in [0.3, 0.4) is 0 Å². The Kier molecular flexibility index (Phi) is 3.49. The molecule has 0 saturated carbocycles. The molecule has 0 fully saturated rings. The number of halogens is 1. The fourth-order valence-electron chi connectivity index (χ4n) is 2.44. The molecule has 102 valence electrons. The Bertz CT molecular complexity index is 734. The molecule has 3 aromatic rings. The summed E-state index contributed by atoms with van der Waals surface area (Å²) in [5.74, 6) is 1.12. The average molecular weight is 330 g/mol. The zero-order valence-corrected chi connectivity index (χ0v) is 12.8. The predicted molar refractivity (Wildman–Crippen MR) is 85.9 cm³/mol. The molecule has 1 atom stereocenters. The second-order valence-electron chi connectivity index (χ2n) is 5.01. The van der Waals surface area contributed by atoms with Crippen LogP contribution in [0.4, 0.5) is 5.82 Å². The molecular weight excluding hydrogens is 314 g/mol. The summed E-state index contributed by atoms with van der Waals surface area (Å²) in [5, 5.41) is 0. The van der Waals surface area contributed by atoms with E-state index >= 15 is 0 Å². The van der Waals surface area contributed by atoms with Crippen molar-refractivity contribution in [1.82, 2.24) is 9.38 Å². The number of nitrogens with two attached hydrogens (primary N) is 1. The van der Waals surface area contributed by atoms with E-state index in [0.717, 1.165) is 28.1 Å². The molecule has 20 heavy (non-hydrogen) atoms. The monoisotopic (exact) mass is 329 g/mol. The van der Waals surface area contributed by atoms with Gasteiger partial charge in [-0.05, 0) is 39.5 Å². The van der Waals surface area contributed by atoms with Crippen molar-refractivity contribution in [2.45, 2.75) is 19.3 Å². The van der Waals surface area contributed by atoms with E-state index in [1.807, 2.05) is 28.8 Å². The Hall–Kier alpha value is -1.81. The Labute approximate surface area is 126 Å². The number of nitrogen functional groups attached to an aromatic ring is 1. The molecule has 1 aromatic carbocycles. The van der Waals surface area contributed by atoms with Gasteiger partial charge < -0.3 is 5.73 Å². The van der Waals surface area contributed by atoms with Crippen molar-refractivity contribution in [1.29, 1.82) is 0 Å². The first-order chi connectivity index (χ1) is 9.66. The number of aromatic nitrogens is 2. The minimum atomic E-state index is 0.391. The van der Waals surface area contributed by atoms with E-state index in [4.69, 9.17) is 5.73 Å². The Morgan fingerprint density at radius 1 is 1.20 bits per heavy atom. The van der Waals surface area contributed by atoms with E-state index < -0.39 is 0 Å². The summed E-state index contributed by atoms with van der Waals surface area (Å²) >= 11 is 3.52. The first-order valence-corrected chi connectivity index (χ1v) is 7.42. The summed E-state index contributed by atoms with van der Waals surface area (Å²) < 4.78 is 2.89. The van der Waals surface area contributed by atoms with Gasteiger partial charge in [0.05, 0.1) is 10.2 Å². The van der Waals surface area contributed by atoms with Crippen LogP contribution < -0.4 is 5.73 Å². The van der Waals surface area contributed by atoms with Gasteiger partial charge in [0.2, 0.25) is 0 Å². The highest BCUT2D eigenvalue weighted by atomic mass is 79.9. The molecule has 0 radical (unpaired) electrons. The normalized spacial score (nSPS) is 12.7. The summed E-state index contributed by atoms with van der Waals surface area (Å²) in [5.41, 5.74) is 9.35. The first-order valence-electron chi connectivity index (χ1n) is 6.62. The second kappa shape index (κ2) is 5.29. The highest BCUT2D eigenvalue weighted by Gasteiger charge is 2.14. The molecule has 0 aliphatic carbocycles. The molecular formula is C16H16BrN3. The van der Waals surface area contributed by atoms with E-state index in [-0.39, 0.29) is 0 Å². The maximum Gasteiger partial charge on any atom is 0.153 e. The standard InChI is InChI=1S/C16H16BrN3/c1-11(12-6-3-2-4-7-12)10-14-15(18)20-9-5-8-13(17)16(20)19-14/h2-9,11H,10,18H2,1H3. The third kappa shape index (κ3) is 2.31. The summed E-state index contributed by atoms with van der Waals surface area (Å²) in [6.07, 6.45) is 2.78. The van der Waals surface area contributed by atoms with Crippen LogP contribution in [0.25, 0.3) is 5.65 Å². The summed E-state index contributed by atoms with van der Waals surface area (Å²) in [6, 6.07) is 14.4. The number of pyridine rings is 1.